The zero-order valence-corrected chi connectivity index (χ0v) is 18.9. The molecular formula is C21H33O6Rh. The zero-order valence-electron chi connectivity index (χ0n) is 17.3. The molecule has 0 aromatic carbocycles. The Morgan fingerprint density at radius 1 is 0.500 bits per heavy atom. The van der Waals surface area contributed by atoms with Crippen molar-refractivity contribution in [3.05, 3.63) is 20.8 Å². The summed E-state index contributed by atoms with van der Waals surface area (Å²) in [4.78, 5) is 62.4. The van der Waals surface area contributed by atoms with Crippen LogP contribution < -0.4 is 0 Å². The standard InChI is InChI=1S/3C7H11O2.Rh/c3*1-3-4-7(9)5-6(2)8;/h3*2-5H2,1H3;/q3*-1;+3. The Balaban J connectivity index is -0.000000152. The van der Waals surface area contributed by atoms with Gasteiger partial charge >= 0.3 is 19.5 Å². The van der Waals surface area contributed by atoms with Crippen molar-refractivity contribution in [1.82, 2.24) is 0 Å². The van der Waals surface area contributed by atoms with Crippen LogP contribution in [0, 0.1) is 20.8 Å². The number of carbonyl (C=O) groups excluding carboxylic acids is 6. The van der Waals surface area contributed by atoms with Gasteiger partial charge in [-0.25, -0.2) is 0 Å². The first-order valence-electron chi connectivity index (χ1n) is 9.09. The summed E-state index contributed by atoms with van der Waals surface area (Å²) in [6.45, 7) is 15.0. The molecule has 0 spiro atoms. The summed E-state index contributed by atoms with van der Waals surface area (Å²) in [6, 6.07) is 0. The van der Waals surface area contributed by atoms with Crippen molar-refractivity contribution in [2.75, 3.05) is 0 Å². The van der Waals surface area contributed by atoms with Gasteiger partial charge in [0.05, 0.1) is 0 Å². The van der Waals surface area contributed by atoms with Crippen molar-refractivity contribution in [3.63, 3.8) is 0 Å². The summed E-state index contributed by atoms with van der Waals surface area (Å²) in [5.74, 6) is -0.858. The largest absolute Gasteiger partial charge is 3.00 e. The van der Waals surface area contributed by atoms with E-state index in [-0.39, 0.29) is 73.4 Å². The van der Waals surface area contributed by atoms with E-state index >= 15 is 0 Å². The third kappa shape index (κ3) is 35.4. The van der Waals surface area contributed by atoms with Crippen LogP contribution in [0.15, 0.2) is 0 Å². The van der Waals surface area contributed by atoms with Crippen LogP contribution in [0.1, 0.15) is 78.6 Å². The molecule has 0 aliphatic heterocycles. The van der Waals surface area contributed by atoms with Gasteiger partial charge in [-0.05, 0) is 19.3 Å². The second-order valence-corrected chi connectivity index (χ2v) is 6.01. The van der Waals surface area contributed by atoms with Gasteiger partial charge in [-0.1, -0.05) is 20.8 Å². The van der Waals surface area contributed by atoms with Gasteiger partial charge in [0.2, 0.25) is 0 Å². The molecule has 0 aromatic heterocycles. The summed E-state index contributed by atoms with van der Waals surface area (Å²) in [5, 5.41) is 0. The number of Topliss-reactive ketones (excluding diaryl/α,β-unsaturated/α-hetero) is 6. The Bertz CT molecular complexity index is 426. The van der Waals surface area contributed by atoms with Gasteiger partial charge in [-0.15, -0.1) is 0 Å². The summed E-state index contributed by atoms with van der Waals surface area (Å²) < 4.78 is 0. The number of rotatable bonds is 12. The minimum absolute atomic E-state index is 0. The van der Waals surface area contributed by atoms with Gasteiger partial charge < -0.3 is 35.2 Å². The fourth-order valence-corrected chi connectivity index (χ4v) is 1.76. The van der Waals surface area contributed by atoms with Crippen LogP contribution in [0.25, 0.3) is 0 Å². The van der Waals surface area contributed by atoms with Crippen LogP contribution in [0.4, 0.5) is 0 Å². The fraction of sp³-hybridized carbons (Fsp3) is 0.571. The molecule has 0 unspecified atom stereocenters. The number of ketones is 6. The van der Waals surface area contributed by atoms with Crippen molar-refractivity contribution in [2.24, 2.45) is 0 Å². The van der Waals surface area contributed by atoms with Gasteiger partial charge in [-0.3, -0.25) is 14.4 Å². The second-order valence-electron chi connectivity index (χ2n) is 6.01. The molecule has 0 atom stereocenters. The average molecular weight is 484 g/mol. The number of hydrogen-bond acceptors (Lipinski definition) is 6. The van der Waals surface area contributed by atoms with E-state index in [1.54, 1.807) is 0 Å². The Morgan fingerprint density at radius 2 is 0.679 bits per heavy atom. The molecule has 0 fully saturated rings. The molecule has 0 saturated carbocycles. The zero-order chi connectivity index (χ0) is 21.8. The van der Waals surface area contributed by atoms with E-state index in [4.69, 9.17) is 0 Å². The molecule has 0 saturated heterocycles. The van der Waals surface area contributed by atoms with Gasteiger partial charge in [0, 0.05) is 55.9 Å². The van der Waals surface area contributed by atoms with Gasteiger partial charge in [0.15, 0.2) is 0 Å². The molecule has 6 nitrogen and oxygen atoms in total. The summed E-state index contributed by atoms with van der Waals surface area (Å²) in [7, 11) is 0. The number of hydrogen-bond donors (Lipinski definition) is 0. The molecule has 0 rings (SSSR count). The molecule has 0 N–H and O–H groups in total. The Kier molecular flexibility index (Phi) is 28.1. The van der Waals surface area contributed by atoms with Crippen LogP contribution in [-0.2, 0) is 48.2 Å². The van der Waals surface area contributed by atoms with Crippen LogP contribution in [-0.4, -0.2) is 34.7 Å². The van der Waals surface area contributed by atoms with Crippen LogP contribution in [0.2, 0.25) is 0 Å². The maximum atomic E-state index is 10.6. The molecule has 0 aliphatic carbocycles. The van der Waals surface area contributed by atoms with Crippen LogP contribution in [0.5, 0.6) is 0 Å². The summed E-state index contributed by atoms with van der Waals surface area (Å²) in [5.41, 5.74) is 0. The van der Waals surface area contributed by atoms with E-state index in [2.05, 4.69) is 20.8 Å². The van der Waals surface area contributed by atoms with E-state index < -0.39 is 0 Å². The van der Waals surface area contributed by atoms with Gasteiger partial charge in [0.25, 0.3) is 0 Å². The topological polar surface area (TPSA) is 102 Å². The first-order valence-corrected chi connectivity index (χ1v) is 9.09. The SMILES string of the molecule is [CH2-]C(=O)CC(=O)CCC.[CH2-]C(=O)CC(=O)CCC.[CH2-]C(=O)CC(=O)CCC.[Rh+3]. The van der Waals surface area contributed by atoms with Crippen LogP contribution >= 0.6 is 0 Å². The molecule has 28 heavy (non-hydrogen) atoms. The van der Waals surface area contributed by atoms with Crippen molar-refractivity contribution in [1.29, 1.82) is 0 Å². The summed E-state index contributed by atoms with van der Waals surface area (Å²) >= 11 is 0. The maximum Gasteiger partial charge on any atom is 3.00 e. The Morgan fingerprint density at radius 3 is 0.786 bits per heavy atom. The van der Waals surface area contributed by atoms with E-state index in [1.807, 2.05) is 20.8 Å². The molecular weight excluding hydrogens is 451 g/mol. The van der Waals surface area contributed by atoms with E-state index in [9.17, 15) is 28.8 Å². The maximum absolute atomic E-state index is 10.6. The monoisotopic (exact) mass is 484 g/mol. The Labute approximate surface area is 182 Å². The minimum Gasteiger partial charge on any atom is -0.339 e. The molecule has 0 amide bonds. The quantitative estimate of drug-likeness (QED) is 0.239. The van der Waals surface area contributed by atoms with Gasteiger partial charge in [0.1, 0.15) is 17.3 Å². The van der Waals surface area contributed by atoms with E-state index in [1.165, 1.54) is 0 Å². The molecule has 0 bridgehead atoms. The third-order valence-corrected chi connectivity index (χ3v) is 2.77. The predicted molar refractivity (Wildman–Crippen MR) is 105 cm³/mol. The van der Waals surface area contributed by atoms with Gasteiger partial charge in [-0.2, -0.15) is 0 Å². The fourth-order valence-electron chi connectivity index (χ4n) is 1.76. The molecule has 162 valence electrons. The van der Waals surface area contributed by atoms with Crippen molar-refractivity contribution < 1.29 is 48.2 Å². The molecule has 0 aromatic rings. The average Bonchev–Trinajstić information content (AvgIpc) is 2.46. The first-order chi connectivity index (χ1) is 12.5. The smallest absolute Gasteiger partial charge is 0.339 e. The third-order valence-electron chi connectivity index (χ3n) is 2.77. The minimum atomic E-state index is -0.284. The normalized spacial score (nSPS) is 8.68. The van der Waals surface area contributed by atoms with Crippen molar-refractivity contribution in [3.8, 4) is 0 Å². The predicted octanol–water partition coefficient (Wildman–Crippen LogP) is 3.44. The van der Waals surface area contributed by atoms with Crippen molar-refractivity contribution in [2.45, 2.75) is 78.6 Å². The first kappa shape index (κ1) is 33.8. The summed E-state index contributed by atoms with van der Waals surface area (Å²) in [6.07, 6.45) is 3.96. The second kappa shape index (κ2) is 23.3. The van der Waals surface area contributed by atoms with E-state index in [0.717, 1.165) is 19.3 Å². The Hall–Kier alpha value is -1.75. The molecule has 0 heterocycles. The molecule has 7 heteroatoms. The van der Waals surface area contributed by atoms with Crippen molar-refractivity contribution >= 4 is 34.7 Å². The molecule has 0 aliphatic rings. The van der Waals surface area contributed by atoms with Crippen LogP contribution in [0.3, 0.4) is 0 Å². The van der Waals surface area contributed by atoms with E-state index in [0.29, 0.717) is 19.3 Å². The molecule has 0 radical (unpaired) electrons. The number of carbonyl (C=O) groups is 6.